The van der Waals surface area contributed by atoms with E-state index in [0.29, 0.717) is 23.7 Å². The SMILES string of the molecule is [3H]n1ccc(OCc2c(CC)ncnc2-n2nnn(C)c2=O)n1. The van der Waals surface area contributed by atoms with Crippen LogP contribution >= 0.6 is 0 Å². The maximum atomic E-state index is 12.1. The van der Waals surface area contributed by atoms with Crippen molar-refractivity contribution in [3.05, 3.63) is 40.3 Å². The highest BCUT2D eigenvalue weighted by atomic mass is 16.5. The maximum absolute atomic E-state index is 12.1. The molecule has 22 heavy (non-hydrogen) atoms. The van der Waals surface area contributed by atoms with E-state index in [1.807, 2.05) is 6.92 Å². The van der Waals surface area contributed by atoms with E-state index in [4.69, 9.17) is 6.15 Å². The molecule has 0 amide bonds. The first-order valence-corrected chi connectivity index (χ1v) is 6.60. The van der Waals surface area contributed by atoms with Gasteiger partial charge in [-0.15, -0.1) is 9.78 Å². The molecule has 10 heteroatoms. The number of rotatable bonds is 5. The molecular weight excluding hydrogens is 288 g/mol. The topological polar surface area (TPSA) is 116 Å². The van der Waals surface area contributed by atoms with Gasteiger partial charge in [0.25, 0.3) is 0 Å². The molecule has 3 rings (SSSR count). The van der Waals surface area contributed by atoms with Crippen molar-refractivity contribution in [1.82, 2.24) is 39.9 Å². The van der Waals surface area contributed by atoms with Crippen LogP contribution in [0.15, 0.2) is 23.4 Å². The van der Waals surface area contributed by atoms with Crippen LogP contribution in [0.5, 0.6) is 5.88 Å². The summed E-state index contributed by atoms with van der Waals surface area (Å²) in [7, 11) is 1.50. The molecule has 0 aromatic carbocycles. The average Bonchev–Trinajstić information content (AvgIpc) is 3.11. The number of aromatic nitrogens is 8. The lowest BCUT2D eigenvalue weighted by molar-refractivity contribution is 0.290. The molecule has 0 aliphatic carbocycles. The number of hydrogen-bond donors (Lipinski definition) is 1. The second-order valence-corrected chi connectivity index (χ2v) is 4.43. The van der Waals surface area contributed by atoms with Gasteiger partial charge in [0.05, 0.1) is 11.3 Å². The molecule has 10 nitrogen and oxygen atoms in total. The molecule has 3 aromatic rings. The lowest BCUT2D eigenvalue weighted by atomic mass is 10.2. The number of aromatic amines is 1. The first kappa shape index (κ1) is 12.7. The second-order valence-electron chi connectivity index (χ2n) is 4.43. The summed E-state index contributed by atoms with van der Waals surface area (Å²) in [4.78, 5) is 20.4. The van der Waals surface area contributed by atoms with E-state index in [1.54, 1.807) is 6.07 Å². The van der Waals surface area contributed by atoms with Crippen molar-refractivity contribution in [3.63, 3.8) is 0 Å². The quantitative estimate of drug-likeness (QED) is 0.683. The van der Waals surface area contributed by atoms with Gasteiger partial charge in [-0.25, -0.2) is 14.8 Å². The predicted octanol–water partition coefficient (Wildman–Crippen LogP) is -0.380. The van der Waals surface area contributed by atoms with Crippen LogP contribution in [-0.4, -0.2) is 39.9 Å². The molecule has 0 atom stereocenters. The Balaban J connectivity index is 2.00. The fourth-order valence-corrected chi connectivity index (χ4v) is 1.96. The number of nitrogens with zero attached hydrogens (tertiary/aromatic N) is 7. The van der Waals surface area contributed by atoms with Crippen molar-refractivity contribution in [2.45, 2.75) is 20.0 Å². The Labute approximate surface area is 126 Å². The smallest absolute Gasteiger partial charge is 0.369 e. The third kappa shape index (κ3) is 2.45. The van der Waals surface area contributed by atoms with Gasteiger partial charge in [0.1, 0.15) is 12.9 Å². The summed E-state index contributed by atoms with van der Waals surface area (Å²) in [6, 6.07) is 1.57. The van der Waals surface area contributed by atoms with Gasteiger partial charge < -0.3 is 4.74 Å². The Kier molecular flexibility index (Phi) is 3.32. The van der Waals surface area contributed by atoms with Gasteiger partial charge in [-0.3, -0.25) is 5.09 Å². The highest BCUT2D eigenvalue weighted by molar-refractivity contribution is 5.35. The Hall–Kier alpha value is -3.04. The van der Waals surface area contributed by atoms with E-state index in [9.17, 15) is 4.79 Å². The molecule has 0 bridgehead atoms. The first-order valence-electron chi connectivity index (χ1n) is 7.04. The van der Waals surface area contributed by atoms with Gasteiger partial charge in [0, 0.05) is 19.3 Å². The highest BCUT2D eigenvalue weighted by Gasteiger charge is 2.17. The van der Waals surface area contributed by atoms with Crippen molar-refractivity contribution >= 4 is 0 Å². The van der Waals surface area contributed by atoms with Crippen LogP contribution < -0.4 is 10.4 Å². The second kappa shape index (κ2) is 5.76. The summed E-state index contributed by atoms with van der Waals surface area (Å²) in [5.41, 5.74) is 0.942. The van der Waals surface area contributed by atoms with Crippen LogP contribution in [0.1, 0.15) is 18.2 Å². The van der Waals surface area contributed by atoms with E-state index in [1.165, 1.54) is 19.6 Å². The lowest BCUT2D eigenvalue weighted by Gasteiger charge is -2.11. The van der Waals surface area contributed by atoms with E-state index in [-0.39, 0.29) is 6.61 Å². The van der Waals surface area contributed by atoms with Gasteiger partial charge in [-0.05, 0) is 16.8 Å². The fourth-order valence-electron chi connectivity index (χ4n) is 1.96. The van der Waals surface area contributed by atoms with Crippen LogP contribution in [0.25, 0.3) is 5.82 Å². The van der Waals surface area contributed by atoms with E-state index in [0.717, 1.165) is 20.1 Å². The molecule has 0 aliphatic rings. The lowest BCUT2D eigenvalue weighted by Crippen LogP contribution is -2.24. The summed E-state index contributed by atoms with van der Waals surface area (Å²) >= 11 is 0. The molecule has 0 saturated carbocycles. The molecule has 114 valence electrons. The minimum atomic E-state index is -0.414. The zero-order valence-corrected chi connectivity index (χ0v) is 12.0. The molecule has 0 spiro atoms. The predicted molar refractivity (Wildman–Crippen MR) is 74.5 cm³/mol. The molecule has 0 radical (unpaired) electrons. The van der Waals surface area contributed by atoms with Crippen LogP contribution in [-0.2, 0) is 20.1 Å². The molecule has 0 unspecified atom stereocenters. The van der Waals surface area contributed by atoms with Gasteiger partial charge >= 0.3 is 5.69 Å². The van der Waals surface area contributed by atoms with Gasteiger partial charge in [0.2, 0.25) is 5.88 Å². The third-order valence-corrected chi connectivity index (χ3v) is 3.07. The standard InChI is InChI=1S/C12H14N8O2/c1-3-9-8(6-22-10-4-5-15-16-10)11(14-7-13-9)20-12(21)19(2)17-18-20/h4-5,7H,3,6H2,1-2H3,(H,15,16)/i/hT. The number of ether oxygens (including phenoxy) is 1. The van der Waals surface area contributed by atoms with E-state index in [2.05, 4.69) is 25.5 Å². The van der Waals surface area contributed by atoms with Crippen molar-refractivity contribution < 1.29 is 6.15 Å². The summed E-state index contributed by atoms with van der Waals surface area (Å²) in [6.45, 7) is 2.03. The zero-order valence-electron chi connectivity index (χ0n) is 13.0. The van der Waals surface area contributed by atoms with E-state index >= 15 is 0 Å². The van der Waals surface area contributed by atoms with Crippen LogP contribution in [0.3, 0.4) is 0 Å². The van der Waals surface area contributed by atoms with Crippen molar-refractivity contribution in [1.29, 1.82) is 0 Å². The number of aryl methyl sites for hydroxylation is 2. The summed E-state index contributed by atoms with van der Waals surface area (Å²) in [6.07, 6.45) is 3.46. The minimum absolute atomic E-state index is 0.0966. The van der Waals surface area contributed by atoms with Crippen molar-refractivity contribution in [2.24, 2.45) is 7.05 Å². The van der Waals surface area contributed by atoms with Gasteiger partial charge in [-0.2, -0.15) is 4.68 Å². The number of nitrogens with one attached hydrogen (secondary N) is 1. The molecular formula is C12H14N8O2. The number of H-pyrrole nitrogens is 1. The monoisotopic (exact) mass is 304 g/mol. The molecule has 0 fully saturated rings. The molecule has 3 aromatic heterocycles. The largest absolute Gasteiger partial charge is 0.472 e. The van der Waals surface area contributed by atoms with Gasteiger partial charge in [0.15, 0.2) is 7.23 Å². The first-order chi connectivity index (χ1) is 11.1. The summed E-state index contributed by atoms with van der Waals surface area (Å²) in [5.74, 6) is 0.614. The number of hydrogen-bond acceptors (Lipinski definition) is 7. The zero-order chi connectivity index (χ0) is 16.4. The Morgan fingerprint density at radius 1 is 1.41 bits per heavy atom. The molecule has 0 saturated heterocycles. The van der Waals surface area contributed by atoms with Crippen LogP contribution in [0.4, 0.5) is 0 Å². The van der Waals surface area contributed by atoms with Gasteiger partial charge in [-0.1, -0.05) is 6.92 Å². The average molecular weight is 304 g/mol. The normalized spacial score (nSPS) is 11.5. The molecule has 3 heterocycles. The maximum Gasteiger partial charge on any atom is 0.369 e. The van der Waals surface area contributed by atoms with Crippen LogP contribution in [0, 0.1) is 0 Å². The van der Waals surface area contributed by atoms with Crippen LogP contribution in [0.2, 0.25) is 1.41 Å². The Bertz CT molecular complexity index is 883. The summed E-state index contributed by atoms with van der Waals surface area (Å²) in [5, 5.41) is 12.2. The third-order valence-electron chi connectivity index (χ3n) is 3.07. The van der Waals surface area contributed by atoms with E-state index < -0.39 is 5.69 Å². The van der Waals surface area contributed by atoms with Crippen molar-refractivity contribution in [3.8, 4) is 11.7 Å². The molecule has 0 aliphatic heterocycles. The Morgan fingerprint density at radius 3 is 2.91 bits per heavy atom. The highest BCUT2D eigenvalue weighted by Crippen LogP contribution is 2.16. The fraction of sp³-hybridized carbons (Fsp3) is 0.333. The number of tetrazole rings is 1. The summed E-state index contributed by atoms with van der Waals surface area (Å²) < 4.78 is 15.1. The van der Waals surface area contributed by atoms with Crippen molar-refractivity contribution in [2.75, 3.05) is 0 Å². The molecule has 1 N–H and O–H groups in total. The Morgan fingerprint density at radius 2 is 2.27 bits per heavy atom. The minimum Gasteiger partial charge on any atom is -0.472 e.